The average molecular weight is 702 g/mol. The van der Waals surface area contributed by atoms with Gasteiger partial charge in [0.1, 0.15) is 18.4 Å². The molecule has 0 aliphatic carbocycles. The van der Waals surface area contributed by atoms with Crippen LogP contribution in [0.5, 0.6) is 0 Å². The number of carbonyl (C=O) groups excluding carboxylic acids is 3. The molecule has 16 heteroatoms. The Morgan fingerprint density at radius 2 is 1.52 bits per heavy atom. The molecule has 3 amide bonds. The van der Waals surface area contributed by atoms with Gasteiger partial charge < -0.3 is 16.0 Å². The number of nitrogens with zero attached hydrogens (tertiary/aromatic N) is 4. The van der Waals surface area contributed by atoms with Gasteiger partial charge in [-0.25, -0.2) is 26.5 Å². The van der Waals surface area contributed by atoms with Crippen LogP contribution in [0.2, 0.25) is 0 Å². The number of sulfone groups is 1. The smallest absolute Gasteiger partial charge is 0.243 e. The number of fused-ring (bicyclic) bond motifs is 1. The highest BCUT2D eigenvalue weighted by molar-refractivity contribution is 7.90. The minimum atomic E-state index is -4.09. The van der Waals surface area contributed by atoms with Gasteiger partial charge in [-0.3, -0.25) is 14.4 Å². The summed E-state index contributed by atoms with van der Waals surface area (Å²) in [5.74, 6) is -0.538. The Bertz CT molecular complexity index is 1810. The number of carbonyl (C=O) groups is 3. The summed E-state index contributed by atoms with van der Waals surface area (Å²) in [4.78, 5) is 44.4. The van der Waals surface area contributed by atoms with E-state index in [1.807, 2.05) is 44.2 Å². The first kappa shape index (κ1) is 36.7. The van der Waals surface area contributed by atoms with Crippen molar-refractivity contribution in [3.05, 3.63) is 71.8 Å². The molecule has 3 aromatic rings. The summed E-state index contributed by atoms with van der Waals surface area (Å²) in [6.07, 6.45) is 1.60. The molecule has 260 valence electrons. The van der Waals surface area contributed by atoms with E-state index in [0.717, 1.165) is 11.8 Å². The third kappa shape index (κ3) is 9.70. The highest BCUT2D eigenvalue weighted by Gasteiger charge is 2.30. The number of rotatable bonds is 6. The van der Waals surface area contributed by atoms with E-state index in [4.69, 9.17) is 0 Å². The van der Waals surface area contributed by atoms with Crippen LogP contribution in [0.3, 0.4) is 0 Å². The molecule has 14 nitrogen and oxygen atoms in total. The number of amides is 3. The zero-order chi connectivity index (χ0) is 35.1. The minimum absolute atomic E-state index is 0.0138. The van der Waals surface area contributed by atoms with E-state index in [0.29, 0.717) is 11.6 Å². The SMILES string of the molecule is Cc1nc2n(n1)CC(=O)NCCCN(S(=O)(=O)c1ccc(S(C)(=O)=O)cc1)CCCC(=O)N[C@H](Cc1ccccc1)C(=O)N[C@H]2C(C)C. The normalized spacial score (nSPS) is 19.8. The Morgan fingerprint density at radius 3 is 2.17 bits per heavy atom. The van der Waals surface area contributed by atoms with E-state index in [9.17, 15) is 31.2 Å². The Labute approximate surface area is 281 Å². The number of sulfonamides is 1. The van der Waals surface area contributed by atoms with E-state index in [1.165, 1.54) is 33.3 Å². The Hall–Kier alpha value is -4.15. The second kappa shape index (κ2) is 15.8. The maximum Gasteiger partial charge on any atom is 0.243 e. The average Bonchev–Trinajstić information content (AvgIpc) is 3.38. The van der Waals surface area contributed by atoms with E-state index < -0.39 is 43.8 Å². The van der Waals surface area contributed by atoms with Crippen molar-refractivity contribution >= 4 is 37.6 Å². The van der Waals surface area contributed by atoms with Crippen molar-refractivity contribution in [1.29, 1.82) is 0 Å². The second-order valence-corrected chi connectivity index (χ2v) is 16.1. The number of aryl methyl sites for hydroxylation is 1. The molecule has 0 saturated carbocycles. The Morgan fingerprint density at radius 1 is 0.875 bits per heavy atom. The van der Waals surface area contributed by atoms with Crippen LogP contribution in [-0.4, -0.2) is 85.6 Å². The summed E-state index contributed by atoms with van der Waals surface area (Å²) >= 11 is 0. The summed E-state index contributed by atoms with van der Waals surface area (Å²) in [6, 6.07) is 12.6. The summed E-state index contributed by atoms with van der Waals surface area (Å²) in [5, 5.41) is 13.0. The van der Waals surface area contributed by atoms with Gasteiger partial charge in [0.15, 0.2) is 15.7 Å². The lowest BCUT2D eigenvalue weighted by Gasteiger charge is -2.26. The molecule has 1 aliphatic heterocycles. The number of hydrogen-bond donors (Lipinski definition) is 3. The summed E-state index contributed by atoms with van der Waals surface area (Å²) in [5.41, 5.74) is 0.830. The summed E-state index contributed by atoms with van der Waals surface area (Å²) in [7, 11) is -7.62. The van der Waals surface area contributed by atoms with Gasteiger partial charge in [0.25, 0.3) is 0 Å². The fourth-order valence-corrected chi connectivity index (χ4v) is 7.53. The molecule has 1 aromatic heterocycles. The Kier molecular flexibility index (Phi) is 12.1. The lowest BCUT2D eigenvalue weighted by molar-refractivity contribution is -0.129. The minimum Gasteiger partial charge on any atom is -0.354 e. The molecule has 1 aliphatic rings. The quantitative estimate of drug-likeness (QED) is 0.342. The van der Waals surface area contributed by atoms with E-state index in [1.54, 1.807) is 6.92 Å². The highest BCUT2D eigenvalue weighted by Crippen LogP contribution is 2.22. The first-order chi connectivity index (χ1) is 22.6. The Balaban J connectivity index is 1.63. The predicted octanol–water partition coefficient (Wildman–Crippen LogP) is 1.52. The van der Waals surface area contributed by atoms with Crippen molar-refractivity contribution in [2.75, 3.05) is 25.9 Å². The lowest BCUT2D eigenvalue weighted by Crippen LogP contribution is -2.50. The molecule has 48 heavy (non-hydrogen) atoms. The van der Waals surface area contributed by atoms with Crippen molar-refractivity contribution in [2.45, 2.75) is 74.9 Å². The van der Waals surface area contributed by atoms with Gasteiger partial charge >= 0.3 is 0 Å². The number of nitrogens with one attached hydrogen (secondary N) is 3. The van der Waals surface area contributed by atoms with Crippen LogP contribution in [0.25, 0.3) is 0 Å². The fourth-order valence-electron chi connectivity index (χ4n) is 5.38. The van der Waals surface area contributed by atoms with Gasteiger partial charge in [0, 0.05) is 38.7 Å². The molecule has 2 heterocycles. The van der Waals surface area contributed by atoms with Crippen LogP contribution in [0, 0.1) is 12.8 Å². The van der Waals surface area contributed by atoms with Gasteiger partial charge in [-0.2, -0.15) is 9.40 Å². The zero-order valence-corrected chi connectivity index (χ0v) is 29.2. The van der Waals surface area contributed by atoms with Crippen molar-refractivity contribution in [2.24, 2.45) is 5.92 Å². The van der Waals surface area contributed by atoms with E-state index in [2.05, 4.69) is 26.0 Å². The topological polar surface area (TPSA) is 190 Å². The summed E-state index contributed by atoms with van der Waals surface area (Å²) in [6.45, 7) is 5.51. The van der Waals surface area contributed by atoms with E-state index >= 15 is 0 Å². The molecule has 0 unspecified atom stereocenters. The van der Waals surface area contributed by atoms with Gasteiger partial charge in [0.05, 0.1) is 15.8 Å². The lowest BCUT2D eigenvalue weighted by atomic mass is 10.0. The van der Waals surface area contributed by atoms with Crippen LogP contribution in [0.15, 0.2) is 64.4 Å². The third-order valence-corrected chi connectivity index (χ3v) is 10.9. The molecular weight excluding hydrogens is 659 g/mol. The maximum atomic E-state index is 13.8. The molecule has 3 N–H and O–H groups in total. The molecule has 0 spiro atoms. The second-order valence-electron chi connectivity index (χ2n) is 12.2. The van der Waals surface area contributed by atoms with Crippen LogP contribution < -0.4 is 16.0 Å². The molecule has 4 rings (SSSR count). The van der Waals surface area contributed by atoms with Crippen molar-refractivity contribution in [1.82, 2.24) is 35.0 Å². The summed E-state index contributed by atoms with van der Waals surface area (Å²) < 4.78 is 53.8. The van der Waals surface area contributed by atoms with E-state index in [-0.39, 0.29) is 73.5 Å². The first-order valence-corrected chi connectivity index (χ1v) is 19.1. The first-order valence-electron chi connectivity index (χ1n) is 15.8. The van der Waals surface area contributed by atoms with Crippen LogP contribution in [0.1, 0.15) is 56.4 Å². The van der Waals surface area contributed by atoms with Gasteiger partial charge in [-0.15, -0.1) is 0 Å². The largest absolute Gasteiger partial charge is 0.354 e. The van der Waals surface area contributed by atoms with Crippen molar-refractivity contribution < 1.29 is 31.2 Å². The highest BCUT2D eigenvalue weighted by atomic mass is 32.2. The maximum absolute atomic E-state index is 13.8. The van der Waals surface area contributed by atoms with Crippen molar-refractivity contribution in [3.63, 3.8) is 0 Å². The number of aromatic nitrogens is 3. The zero-order valence-electron chi connectivity index (χ0n) is 27.5. The third-order valence-electron chi connectivity index (χ3n) is 7.88. The van der Waals surface area contributed by atoms with Crippen LogP contribution >= 0.6 is 0 Å². The van der Waals surface area contributed by atoms with Crippen LogP contribution in [-0.2, 0) is 47.2 Å². The fraction of sp³-hybridized carbons (Fsp3) is 0.469. The number of benzene rings is 2. The van der Waals surface area contributed by atoms with Crippen LogP contribution in [0.4, 0.5) is 0 Å². The standard InChI is InChI=1S/C32H43N7O7S2/c1-22(2)30-31-34-23(3)37-39(31)21-29(41)33-17-9-19-38(48(45,46)26-15-13-25(14-16-26)47(4,43)44)18-8-12-28(40)35-27(32(42)36-30)20-24-10-6-5-7-11-24/h5-7,10-11,13-16,22,27,30H,8-9,12,17-21H2,1-4H3,(H,33,41)(H,35,40)(H,36,42)/t27-,30+/m1/s1. The molecule has 0 fully saturated rings. The molecule has 0 saturated heterocycles. The molecular formula is C32H43N7O7S2. The predicted molar refractivity (Wildman–Crippen MR) is 178 cm³/mol. The number of hydrogen-bond acceptors (Lipinski definition) is 9. The molecule has 0 bridgehead atoms. The van der Waals surface area contributed by atoms with Gasteiger partial charge in [-0.05, 0) is 55.5 Å². The molecule has 2 atom stereocenters. The van der Waals surface area contributed by atoms with Gasteiger partial charge in [-0.1, -0.05) is 44.2 Å². The van der Waals surface area contributed by atoms with Crippen molar-refractivity contribution in [3.8, 4) is 0 Å². The molecule has 2 aromatic carbocycles. The monoisotopic (exact) mass is 701 g/mol. The molecule has 0 radical (unpaired) electrons. The van der Waals surface area contributed by atoms with Gasteiger partial charge in [0.2, 0.25) is 27.7 Å².